The van der Waals surface area contributed by atoms with Gasteiger partial charge in [0.15, 0.2) is 11.3 Å². The summed E-state index contributed by atoms with van der Waals surface area (Å²) in [6.45, 7) is 6.39. The number of hydrogen-bond acceptors (Lipinski definition) is 8. The second-order valence-electron chi connectivity index (χ2n) is 13.5. The normalized spacial score (nSPS) is 19.2. The summed E-state index contributed by atoms with van der Waals surface area (Å²) in [6.07, 6.45) is 2.75. The van der Waals surface area contributed by atoms with Gasteiger partial charge < -0.3 is 14.4 Å². The Hall–Kier alpha value is -5.28. The molecule has 2 aromatic carbocycles. The Bertz CT molecular complexity index is 2260. The van der Waals surface area contributed by atoms with Crippen molar-refractivity contribution in [2.24, 2.45) is 0 Å². The van der Waals surface area contributed by atoms with Crippen LogP contribution in [-0.4, -0.2) is 20.3 Å². The average molecular weight is 751 g/mol. The number of allylic oxidation sites excluding steroid dienone is 2. The summed E-state index contributed by atoms with van der Waals surface area (Å²) in [5.41, 5.74) is -1.34. The summed E-state index contributed by atoms with van der Waals surface area (Å²) in [4.78, 5) is 5.72. The molecule has 4 aromatic rings. The Morgan fingerprint density at radius 2 is 1.64 bits per heavy atom. The van der Waals surface area contributed by atoms with Crippen LogP contribution in [0.5, 0.6) is 5.75 Å². The van der Waals surface area contributed by atoms with Crippen molar-refractivity contribution in [3.05, 3.63) is 111 Å². The number of aryl methyl sites for hydroxylation is 1. The van der Waals surface area contributed by atoms with Gasteiger partial charge in [0.25, 0.3) is 5.60 Å². The number of nitrogens with zero attached hydrogens (tertiary/aromatic N) is 4. The number of fused-ring (bicyclic) bond motifs is 3. The zero-order valence-corrected chi connectivity index (χ0v) is 31.7. The van der Waals surface area contributed by atoms with E-state index in [4.69, 9.17) is 9.47 Å². The van der Waals surface area contributed by atoms with Crippen LogP contribution in [-0.2, 0) is 15.9 Å². The van der Waals surface area contributed by atoms with Crippen LogP contribution in [0, 0.1) is 40.9 Å². The van der Waals surface area contributed by atoms with Gasteiger partial charge in [-0.25, -0.2) is 0 Å². The quantitative estimate of drug-likeness (QED) is 0.118. The monoisotopic (exact) mass is 750 g/mol. The average Bonchev–Trinajstić information content (AvgIpc) is 3.84. The summed E-state index contributed by atoms with van der Waals surface area (Å²) in [6, 6.07) is 22.4. The van der Waals surface area contributed by atoms with E-state index in [9.17, 15) is 15.8 Å². The highest BCUT2D eigenvalue weighted by Crippen LogP contribution is 2.58. The maximum atomic E-state index is 15.3. The Balaban J connectivity index is 1.49. The van der Waals surface area contributed by atoms with E-state index in [1.807, 2.05) is 20.2 Å². The van der Waals surface area contributed by atoms with Gasteiger partial charge in [-0.1, -0.05) is 68.7 Å². The molecular formula is C42H37F3N4O2S2. The number of nitriles is 3. The maximum absolute atomic E-state index is 15.3. The van der Waals surface area contributed by atoms with Gasteiger partial charge in [-0.05, 0) is 68.2 Å². The molecule has 11 heteroatoms. The van der Waals surface area contributed by atoms with Crippen LogP contribution < -0.4 is 9.64 Å². The molecule has 6 nitrogen and oxygen atoms in total. The van der Waals surface area contributed by atoms with Crippen LogP contribution in [0.4, 0.5) is 18.9 Å². The predicted molar refractivity (Wildman–Crippen MR) is 204 cm³/mol. The molecule has 0 N–H and O–H groups in total. The van der Waals surface area contributed by atoms with E-state index in [1.165, 1.54) is 47.8 Å². The third-order valence-electron chi connectivity index (χ3n) is 9.75. The molecule has 0 radical (unpaired) electrons. The van der Waals surface area contributed by atoms with E-state index >= 15 is 13.2 Å². The fraction of sp³-hybridized carbons (Fsp3) is 0.310. The molecule has 2 aliphatic rings. The van der Waals surface area contributed by atoms with Crippen molar-refractivity contribution < 1.29 is 22.6 Å². The number of rotatable bonds is 10. The maximum Gasteiger partial charge on any atom is 0.437 e. The lowest BCUT2D eigenvalue weighted by Gasteiger charge is -2.35. The smallest absolute Gasteiger partial charge is 0.437 e. The first kappa shape index (κ1) is 37.5. The van der Waals surface area contributed by atoms with E-state index in [1.54, 1.807) is 35.6 Å². The highest BCUT2D eigenvalue weighted by atomic mass is 32.1. The van der Waals surface area contributed by atoms with Crippen molar-refractivity contribution in [3.8, 4) is 44.2 Å². The Morgan fingerprint density at radius 3 is 2.26 bits per heavy atom. The van der Waals surface area contributed by atoms with Crippen molar-refractivity contribution >= 4 is 34.4 Å². The van der Waals surface area contributed by atoms with Crippen LogP contribution in [0.2, 0.25) is 0 Å². The Labute approximate surface area is 315 Å². The number of ether oxygens (including phenoxy) is 2. The van der Waals surface area contributed by atoms with E-state index < -0.39 is 39.9 Å². The second kappa shape index (κ2) is 14.6. The van der Waals surface area contributed by atoms with Crippen molar-refractivity contribution in [2.75, 3.05) is 19.0 Å². The first-order chi connectivity index (χ1) is 25.3. The van der Waals surface area contributed by atoms with Gasteiger partial charge in [0, 0.05) is 46.2 Å². The summed E-state index contributed by atoms with van der Waals surface area (Å²) in [5, 5.41) is 29.4. The molecule has 2 aromatic heterocycles. The van der Waals surface area contributed by atoms with Gasteiger partial charge in [0.1, 0.15) is 35.1 Å². The SMILES string of the molecule is CCCCCCC1(C)Oc2cc(/C=C/C3=C(C#N)C(=C(C#N)C#N)OC3(c3ccccc3)C(F)(F)F)sc2-c2sc(-c3ccc(N(C)C)cc3C)cc21. The van der Waals surface area contributed by atoms with Gasteiger partial charge in [-0.3, -0.25) is 0 Å². The third kappa shape index (κ3) is 6.63. The van der Waals surface area contributed by atoms with Crippen LogP contribution in [0.15, 0.2) is 89.2 Å². The Kier molecular flexibility index (Phi) is 10.3. The molecule has 2 unspecified atom stereocenters. The number of unbranched alkanes of at least 4 members (excludes halogenated alkanes) is 3. The largest absolute Gasteiger partial charge is 0.481 e. The molecule has 0 fully saturated rings. The lowest BCUT2D eigenvalue weighted by atomic mass is 9.84. The first-order valence-corrected chi connectivity index (χ1v) is 18.9. The molecule has 6 rings (SSSR count). The molecule has 4 heterocycles. The third-order valence-corrected chi connectivity index (χ3v) is 12.2. The van der Waals surface area contributed by atoms with Crippen molar-refractivity contribution in [3.63, 3.8) is 0 Å². The van der Waals surface area contributed by atoms with E-state index in [2.05, 4.69) is 49.9 Å². The van der Waals surface area contributed by atoms with E-state index in [-0.39, 0.29) is 5.56 Å². The number of hydrogen-bond donors (Lipinski definition) is 0. The Morgan fingerprint density at radius 1 is 0.906 bits per heavy atom. The highest BCUT2D eigenvalue weighted by Gasteiger charge is 2.65. The summed E-state index contributed by atoms with van der Waals surface area (Å²) >= 11 is 3.07. The highest BCUT2D eigenvalue weighted by molar-refractivity contribution is 7.24. The van der Waals surface area contributed by atoms with Crippen molar-refractivity contribution in [1.29, 1.82) is 15.8 Å². The standard InChI is InChI=1S/C42H37F3N4O2S2/c1-6-7-8-12-19-40(3)34-22-36(31-17-15-29(49(4)5)20-26(31)2)53-38(34)39-35(50-40)21-30(52-39)16-18-33-32(25-48)37(27(23-46)24-47)51-41(33,42(43,44)45)28-13-10-9-11-14-28/h9-11,13-18,20-22H,6-8,12,19H2,1-5H3/b18-16+. The molecule has 2 atom stereocenters. The first-order valence-electron chi connectivity index (χ1n) is 17.3. The number of anilines is 1. The van der Waals surface area contributed by atoms with Gasteiger partial charge in [0.2, 0.25) is 0 Å². The molecule has 0 bridgehead atoms. The molecule has 2 aliphatic heterocycles. The van der Waals surface area contributed by atoms with Crippen LogP contribution >= 0.6 is 22.7 Å². The topological polar surface area (TPSA) is 93.1 Å². The minimum atomic E-state index is -5.07. The minimum absolute atomic E-state index is 0.289. The van der Waals surface area contributed by atoms with Crippen molar-refractivity contribution in [2.45, 2.75) is 70.3 Å². The number of alkyl halides is 3. The molecule has 0 saturated carbocycles. The van der Waals surface area contributed by atoms with Gasteiger partial charge in [-0.2, -0.15) is 29.0 Å². The summed E-state index contributed by atoms with van der Waals surface area (Å²) in [5.74, 6) is -0.0528. The van der Waals surface area contributed by atoms with Crippen LogP contribution in [0.1, 0.15) is 67.5 Å². The molecular weight excluding hydrogens is 714 g/mol. The fourth-order valence-corrected chi connectivity index (χ4v) is 9.47. The molecule has 0 spiro atoms. The fourth-order valence-electron chi connectivity index (χ4n) is 6.97. The van der Waals surface area contributed by atoms with Crippen LogP contribution in [0.25, 0.3) is 26.3 Å². The van der Waals surface area contributed by atoms with Gasteiger partial charge in [0.05, 0.1) is 9.75 Å². The van der Waals surface area contributed by atoms with Gasteiger partial charge >= 0.3 is 6.18 Å². The number of thiophene rings is 2. The summed E-state index contributed by atoms with van der Waals surface area (Å²) in [7, 11) is 4.02. The predicted octanol–water partition coefficient (Wildman–Crippen LogP) is 11.7. The zero-order chi connectivity index (χ0) is 38.1. The lowest BCUT2D eigenvalue weighted by molar-refractivity contribution is -0.249. The molecule has 0 amide bonds. The minimum Gasteiger partial charge on any atom is -0.481 e. The van der Waals surface area contributed by atoms with Gasteiger partial charge in [-0.15, -0.1) is 22.7 Å². The zero-order valence-electron chi connectivity index (χ0n) is 30.0. The lowest BCUT2D eigenvalue weighted by Crippen LogP contribution is -2.43. The molecule has 0 saturated heterocycles. The second-order valence-corrected chi connectivity index (χ2v) is 15.7. The molecule has 53 heavy (non-hydrogen) atoms. The molecule has 270 valence electrons. The number of halogens is 3. The van der Waals surface area contributed by atoms with Crippen LogP contribution in [0.3, 0.4) is 0 Å². The number of benzene rings is 2. The van der Waals surface area contributed by atoms with E-state index in [0.717, 1.165) is 69.1 Å². The van der Waals surface area contributed by atoms with Crippen molar-refractivity contribution in [1.82, 2.24) is 0 Å². The molecule has 0 aliphatic carbocycles. The summed E-state index contributed by atoms with van der Waals surface area (Å²) < 4.78 is 58.4. The van der Waals surface area contributed by atoms with E-state index in [0.29, 0.717) is 10.6 Å².